The fraction of sp³-hybridized carbons (Fsp3) is 0.276. The highest BCUT2D eigenvalue weighted by Gasteiger charge is 2.26. The Bertz CT molecular complexity index is 1290. The topological polar surface area (TPSA) is 78.5 Å². The van der Waals surface area contributed by atoms with Gasteiger partial charge in [-0.3, -0.25) is 4.79 Å². The van der Waals surface area contributed by atoms with Crippen molar-refractivity contribution in [1.29, 1.82) is 0 Å². The maximum Gasteiger partial charge on any atom is 0.251 e. The van der Waals surface area contributed by atoms with Gasteiger partial charge in [-0.25, -0.2) is 4.39 Å². The summed E-state index contributed by atoms with van der Waals surface area (Å²) >= 11 is 6.24. The van der Waals surface area contributed by atoms with E-state index in [4.69, 9.17) is 11.6 Å². The number of hydrogen-bond acceptors (Lipinski definition) is 5. The van der Waals surface area contributed by atoms with Crippen molar-refractivity contribution in [3.05, 3.63) is 93.3 Å². The van der Waals surface area contributed by atoms with Crippen LogP contribution >= 0.6 is 11.6 Å². The molecular weight excluding hydrogens is 493 g/mol. The largest absolute Gasteiger partial charge is 0.388 e. The Morgan fingerprint density at radius 3 is 2.51 bits per heavy atom. The molecule has 37 heavy (non-hydrogen) atoms. The smallest absolute Gasteiger partial charge is 0.251 e. The number of benzene rings is 3. The lowest BCUT2D eigenvalue weighted by Gasteiger charge is -2.29. The molecule has 6 nitrogen and oxygen atoms in total. The van der Waals surface area contributed by atoms with Crippen LogP contribution in [0.1, 0.15) is 46.5 Å². The van der Waals surface area contributed by atoms with Gasteiger partial charge in [-0.15, -0.1) is 0 Å². The van der Waals surface area contributed by atoms with Crippen molar-refractivity contribution in [2.75, 3.05) is 24.3 Å². The molecule has 0 aliphatic heterocycles. The van der Waals surface area contributed by atoms with Gasteiger partial charge in [0.25, 0.3) is 5.91 Å². The first kappa shape index (κ1) is 27.9. The van der Waals surface area contributed by atoms with E-state index in [1.165, 1.54) is 6.07 Å². The Morgan fingerprint density at radius 2 is 1.86 bits per heavy atom. The Labute approximate surface area is 221 Å². The molecule has 0 spiro atoms. The zero-order valence-electron chi connectivity index (χ0n) is 21.4. The number of nitrogens with one attached hydrogen (secondary N) is 2. The number of rotatable bonds is 11. The van der Waals surface area contributed by atoms with Crippen LogP contribution in [0.4, 0.5) is 15.8 Å². The number of carbonyl (C=O) groups excluding carboxylic acids is 3. The second-order valence-electron chi connectivity index (χ2n) is 9.42. The Hall–Kier alpha value is -3.71. The second kappa shape index (κ2) is 12.0. The molecule has 0 fully saturated rings. The third-order valence-electron chi connectivity index (χ3n) is 6.31. The van der Waals surface area contributed by atoms with E-state index in [1.54, 1.807) is 63.2 Å². The van der Waals surface area contributed by atoms with Gasteiger partial charge in [0.1, 0.15) is 18.4 Å². The summed E-state index contributed by atoms with van der Waals surface area (Å²) in [6.45, 7) is 3.99. The second-order valence-corrected chi connectivity index (χ2v) is 9.83. The number of halogens is 2. The monoisotopic (exact) mass is 523 g/mol. The minimum Gasteiger partial charge on any atom is -0.388 e. The number of anilines is 2. The zero-order chi connectivity index (χ0) is 27.2. The van der Waals surface area contributed by atoms with Crippen LogP contribution in [0.15, 0.2) is 54.6 Å². The number of nitrogens with zero attached hydrogens (tertiary/aromatic N) is 1. The Kier molecular flexibility index (Phi) is 9.05. The molecule has 0 aliphatic rings. The van der Waals surface area contributed by atoms with Gasteiger partial charge in [-0.1, -0.05) is 35.9 Å². The quantitative estimate of drug-likeness (QED) is 0.333. The van der Waals surface area contributed by atoms with Crippen molar-refractivity contribution >= 4 is 41.5 Å². The minimum atomic E-state index is -0.832. The SMILES string of the molecule is CNc1ccc(CNC(=O)c2ccc(C(C)(C)C=O)c(N(C)Cc3c(F)cccc3Cl)c2)cc1CC=O. The fourth-order valence-electron chi connectivity index (χ4n) is 4.15. The number of carbonyl (C=O) groups is 3. The normalized spacial score (nSPS) is 11.1. The molecule has 0 atom stereocenters. The third-order valence-corrected chi connectivity index (χ3v) is 6.67. The molecule has 0 saturated heterocycles. The average molecular weight is 524 g/mol. The summed E-state index contributed by atoms with van der Waals surface area (Å²) in [7, 11) is 3.55. The van der Waals surface area contributed by atoms with Crippen LogP contribution in [0.2, 0.25) is 5.02 Å². The summed E-state index contributed by atoms with van der Waals surface area (Å²) in [5.41, 5.74) is 3.78. The van der Waals surface area contributed by atoms with Gasteiger partial charge in [0.2, 0.25) is 0 Å². The summed E-state index contributed by atoms with van der Waals surface area (Å²) in [6.07, 6.45) is 1.96. The Balaban J connectivity index is 1.89. The molecule has 0 bridgehead atoms. The molecular formula is C29H31ClFN3O3. The number of amides is 1. The van der Waals surface area contributed by atoms with Crippen LogP contribution in [-0.4, -0.2) is 32.6 Å². The summed E-state index contributed by atoms with van der Waals surface area (Å²) in [5, 5.41) is 6.27. The molecule has 0 aromatic heterocycles. The summed E-state index contributed by atoms with van der Waals surface area (Å²) in [4.78, 5) is 37.7. The molecule has 2 N–H and O–H groups in total. The molecule has 0 radical (unpaired) electrons. The number of aldehydes is 2. The maximum absolute atomic E-state index is 14.5. The van der Waals surface area contributed by atoms with Gasteiger partial charge < -0.3 is 25.1 Å². The van der Waals surface area contributed by atoms with Gasteiger partial charge in [-0.2, -0.15) is 0 Å². The van der Waals surface area contributed by atoms with Crippen molar-refractivity contribution in [2.24, 2.45) is 0 Å². The first-order chi connectivity index (χ1) is 17.6. The average Bonchev–Trinajstić information content (AvgIpc) is 2.89. The van der Waals surface area contributed by atoms with E-state index in [1.807, 2.05) is 18.2 Å². The highest BCUT2D eigenvalue weighted by Crippen LogP contribution is 2.33. The van der Waals surface area contributed by atoms with Crippen LogP contribution in [0, 0.1) is 5.82 Å². The highest BCUT2D eigenvalue weighted by atomic mass is 35.5. The van der Waals surface area contributed by atoms with Crippen molar-refractivity contribution in [1.82, 2.24) is 5.32 Å². The van der Waals surface area contributed by atoms with Crippen molar-refractivity contribution < 1.29 is 18.8 Å². The summed E-state index contributed by atoms with van der Waals surface area (Å²) < 4.78 is 14.5. The van der Waals surface area contributed by atoms with Gasteiger partial charge in [0, 0.05) is 66.5 Å². The first-order valence-electron chi connectivity index (χ1n) is 11.9. The molecule has 194 valence electrons. The van der Waals surface area contributed by atoms with Gasteiger partial charge >= 0.3 is 0 Å². The third kappa shape index (κ3) is 6.54. The molecule has 0 heterocycles. The summed E-state index contributed by atoms with van der Waals surface area (Å²) in [6, 6.07) is 15.3. The molecule has 0 saturated carbocycles. The Morgan fingerprint density at radius 1 is 1.11 bits per heavy atom. The molecule has 1 amide bonds. The van der Waals surface area contributed by atoms with Crippen molar-refractivity contribution in [3.63, 3.8) is 0 Å². The molecule has 0 aliphatic carbocycles. The molecule has 3 aromatic rings. The lowest BCUT2D eigenvalue weighted by molar-refractivity contribution is -0.111. The van der Waals surface area contributed by atoms with Crippen molar-refractivity contribution in [2.45, 2.75) is 38.8 Å². The van der Waals surface area contributed by atoms with E-state index in [0.29, 0.717) is 27.4 Å². The van der Waals surface area contributed by atoms with E-state index >= 15 is 0 Å². The fourth-order valence-corrected chi connectivity index (χ4v) is 4.37. The van der Waals surface area contributed by atoms with Crippen LogP contribution in [0.3, 0.4) is 0 Å². The molecule has 3 rings (SSSR count). The minimum absolute atomic E-state index is 0.149. The van der Waals surface area contributed by atoms with E-state index < -0.39 is 11.2 Å². The molecule has 3 aromatic carbocycles. The van der Waals surface area contributed by atoms with E-state index in [-0.39, 0.29) is 25.4 Å². The van der Waals surface area contributed by atoms with E-state index in [2.05, 4.69) is 10.6 Å². The molecule has 0 unspecified atom stereocenters. The van der Waals surface area contributed by atoms with Crippen LogP contribution < -0.4 is 15.5 Å². The van der Waals surface area contributed by atoms with Crippen LogP contribution in [-0.2, 0) is 34.5 Å². The van der Waals surface area contributed by atoms with E-state index in [0.717, 1.165) is 29.4 Å². The first-order valence-corrected chi connectivity index (χ1v) is 12.2. The molecule has 8 heteroatoms. The van der Waals surface area contributed by atoms with Crippen LogP contribution in [0.5, 0.6) is 0 Å². The van der Waals surface area contributed by atoms with Gasteiger partial charge in [-0.05, 0) is 60.9 Å². The number of hydrogen-bond donors (Lipinski definition) is 2. The van der Waals surface area contributed by atoms with Gasteiger partial charge in [0.05, 0.1) is 0 Å². The zero-order valence-corrected chi connectivity index (χ0v) is 22.2. The van der Waals surface area contributed by atoms with Crippen molar-refractivity contribution in [3.8, 4) is 0 Å². The standard InChI is InChI=1S/C29H31ClFN3O3/c1-29(2,18-36)23-10-9-21(15-27(23)34(4)17-22-24(30)6-5-7-25(22)31)28(37)33-16-19-8-11-26(32-3)20(14-19)12-13-35/h5-11,13-15,18,32H,12,16-17H2,1-4H3,(H,33,37). The highest BCUT2D eigenvalue weighted by molar-refractivity contribution is 6.31. The predicted octanol–water partition coefficient (Wildman–Crippen LogP) is 5.31. The predicted molar refractivity (Wildman–Crippen MR) is 146 cm³/mol. The van der Waals surface area contributed by atoms with E-state index in [9.17, 15) is 18.8 Å². The lowest BCUT2D eigenvalue weighted by atomic mass is 9.84. The maximum atomic E-state index is 14.5. The van der Waals surface area contributed by atoms with Crippen LogP contribution in [0.25, 0.3) is 0 Å². The van der Waals surface area contributed by atoms with Gasteiger partial charge in [0.15, 0.2) is 0 Å². The lowest BCUT2D eigenvalue weighted by Crippen LogP contribution is -2.28. The summed E-state index contributed by atoms with van der Waals surface area (Å²) in [5.74, 6) is -0.730.